The van der Waals surface area contributed by atoms with Crippen LogP contribution in [0.15, 0.2) is 35.3 Å². The molecule has 1 aromatic carbocycles. The molecule has 0 radical (unpaired) electrons. The van der Waals surface area contributed by atoms with Crippen LogP contribution in [0.25, 0.3) is 11.6 Å². The third-order valence-corrected chi connectivity index (χ3v) is 5.13. The van der Waals surface area contributed by atoms with Crippen molar-refractivity contribution < 1.29 is 19.5 Å². The average Bonchev–Trinajstić information content (AvgIpc) is 2.88. The van der Waals surface area contributed by atoms with Crippen molar-refractivity contribution in [2.75, 3.05) is 6.61 Å². The minimum absolute atomic E-state index is 0.198. The highest BCUT2D eigenvalue weighted by molar-refractivity contribution is 8.18. The Balaban J connectivity index is 1.96. The number of carbonyl (C=O) groups excluding carboxylic acids is 3. The van der Waals surface area contributed by atoms with Crippen LogP contribution in [-0.2, 0) is 9.59 Å². The molecule has 1 atom stereocenters. The maximum Gasteiger partial charge on any atom is 0.290 e. The Morgan fingerprint density at radius 1 is 1.20 bits per heavy atom. The number of amides is 2. The van der Waals surface area contributed by atoms with Gasteiger partial charge >= 0.3 is 0 Å². The van der Waals surface area contributed by atoms with Crippen LogP contribution in [0, 0.1) is 5.92 Å². The number of hydrogen-bond acceptors (Lipinski definition) is 5. The van der Waals surface area contributed by atoms with Crippen LogP contribution in [0.4, 0.5) is 4.79 Å². The fourth-order valence-corrected chi connectivity index (χ4v) is 3.65. The van der Waals surface area contributed by atoms with E-state index in [4.69, 9.17) is 28.3 Å². The number of ketones is 1. The summed E-state index contributed by atoms with van der Waals surface area (Å²) in [6.07, 6.45) is 6.24. The topological polar surface area (TPSA) is 83.5 Å². The normalized spacial score (nSPS) is 21.7. The van der Waals surface area contributed by atoms with E-state index in [2.05, 4.69) is 5.32 Å². The summed E-state index contributed by atoms with van der Waals surface area (Å²) in [5.74, 6) is -1.23. The first-order valence-electron chi connectivity index (χ1n) is 7.18. The van der Waals surface area contributed by atoms with Crippen molar-refractivity contribution >= 4 is 63.5 Å². The Hall–Kier alpha value is -1.86. The van der Waals surface area contributed by atoms with Crippen LogP contribution in [-0.4, -0.2) is 28.6 Å². The van der Waals surface area contributed by atoms with Gasteiger partial charge in [0, 0.05) is 15.6 Å². The molecule has 1 aromatic rings. The third kappa shape index (κ3) is 3.72. The lowest BCUT2D eigenvalue weighted by Crippen LogP contribution is -2.17. The molecule has 1 unspecified atom stereocenters. The van der Waals surface area contributed by atoms with Crippen LogP contribution in [0.3, 0.4) is 0 Å². The number of carbonyl (C=O) groups is 3. The van der Waals surface area contributed by atoms with Gasteiger partial charge in [0.15, 0.2) is 5.78 Å². The highest BCUT2D eigenvalue weighted by Gasteiger charge is 2.26. The molecule has 1 saturated heterocycles. The van der Waals surface area contributed by atoms with Gasteiger partial charge in [-0.3, -0.25) is 19.7 Å². The summed E-state index contributed by atoms with van der Waals surface area (Å²) in [5, 5.41) is 11.4. The molecule has 2 aliphatic rings. The van der Waals surface area contributed by atoms with E-state index in [1.165, 1.54) is 12.2 Å². The third-order valence-electron chi connectivity index (χ3n) is 3.70. The first-order valence-corrected chi connectivity index (χ1v) is 8.75. The van der Waals surface area contributed by atoms with Crippen LogP contribution < -0.4 is 5.32 Å². The highest BCUT2D eigenvalue weighted by Crippen LogP contribution is 2.35. The van der Waals surface area contributed by atoms with E-state index in [1.807, 2.05) is 0 Å². The number of allylic oxidation sites excluding steroid dienone is 3. The molecule has 25 heavy (non-hydrogen) atoms. The predicted molar refractivity (Wildman–Crippen MR) is 98.3 cm³/mol. The zero-order valence-electron chi connectivity index (χ0n) is 12.6. The molecule has 0 spiro atoms. The van der Waals surface area contributed by atoms with Crippen molar-refractivity contribution in [3.63, 3.8) is 0 Å². The molecule has 1 aliphatic heterocycles. The second kappa shape index (κ2) is 7.17. The Labute approximate surface area is 157 Å². The van der Waals surface area contributed by atoms with Crippen LogP contribution in [0.2, 0.25) is 10.0 Å². The predicted octanol–water partition coefficient (Wildman–Crippen LogP) is 3.45. The standard InChI is InChI=1S/C17H11Cl2NO4S/c18-12-3-10(8-1-2-9(7-21)14(22)5-8)4-13(19)11(12)6-15-16(23)20-17(24)25-15/h1-6,9,21H,7H2,(H,20,23,24). The van der Waals surface area contributed by atoms with Gasteiger partial charge in [-0.05, 0) is 47.2 Å². The lowest BCUT2D eigenvalue weighted by Gasteiger charge is -2.14. The van der Waals surface area contributed by atoms with Crippen LogP contribution in [0.5, 0.6) is 0 Å². The molecule has 0 aromatic heterocycles. The van der Waals surface area contributed by atoms with E-state index in [1.54, 1.807) is 24.3 Å². The van der Waals surface area contributed by atoms with Gasteiger partial charge in [-0.2, -0.15) is 0 Å². The summed E-state index contributed by atoms with van der Waals surface area (Å²) in [6.45, 7) is -0.244. The lowest BCUT2D eigenvalue weighted by atomic mass is 9.92. The number of imide groups is 1. The second-order valence-corrected chi connectivity index (χ2v) is 7.19. The van der Waals surface area contributed by atoms with E-state index in [0.29, 0.717) is 16.7 Å². The Morgan fingerprint density at radius 3 is 2.40 bits per heavy atom. The Kier molecular flexibility index (Phi) is 5.15. The number of halogens is 2. The molecule has 1 fully saturated rings. The van der Waals surface area contributed by atoms with Gasteiger partial charge in [0.2, 0.25) is 0 Å². The molecule has 0 saturated carbocycles. The number of aliphatic hydroxyl groups excluding tert-OH is 1. The van der Waals surface area contributed by atoms with Crippen molar-refractivity contribution in [1.82, 2.24) is 5.32 Å². The Morgan fingerprint density at radius 2 is 1.88 bits per heavy atom. The van der Waals surface area contributed by atoms with Gasteiger partial charge in [-0.25, -0.2) is 0 Å². The average molecular weight is 396 g/mol. The number of thioether (sulfide) groups is 1. The van der Waals surface area contributed by atoms with Crippen LogP contribution in [0.1, 0.15) is 11.1 Å². The molecule has 8 heteroatoms. The summed E-state index contributed by atoms with van der Waals surface area (Å²) < 4.78 is 0. The minimum atomic E-state index is -0.533. The second-order valence-electron chi connectivity index (χ2n) is 5.36. The SMILES string of the molecule is O=C1NC(=O)C(=Cc2c(Cl)cc(C3=CC(=O)C(CO)C=C3)cc2Cl)S1. The van der Waals surface area contributed by atoms with Gasteiger partial charge in [0.05, 0.1) is 17.4 Å². The summed E-state index contributed by atoms with van der Waals surface area (Å²) in [5.41, 5.74) is 1.68. The smallest absolute Gasteiger partial charge is 0.290 e. The van der Waals surface area contributed by atoms with Crippen molar-refractivity contribution in [3.05, 3.63) is 56.4 Å². The van der Waals surface area contributed by atoms with E-state index in [-0.39, 0.29) is 27.3 Å². The maximum absolute atomic E-state index is 11.9. The van der Waals surface area contributed by atoms with Crippen LogP contribution >= 0.6 is 35.0 Å². The first kappa shape index (κ1) is 17.9. The quantitative estimate of drug-likeness (QED) is 0.765. The summed E-state index contributed by atoms with van der Waals surface area (Å²) in [7, 11) is 0. The molecule has 2 N–H and O–H groups in total. The Bertz CT molecular complexity index is 866. The fraction of sp³-hybridized carbons (Fsp3) is 0.118. The number of aliphatic hydroxyl groups is 1. The van der Waals surface area contributed by atoms with Gasteiger partial charge in [0.1, 0.15) is 0 Å². The molecule has 0 bridgehead atoms. The first-order chi connectivity index (χ1) is 11.9. The number of hydrogen-bond donors (Lipinski definition) is 2. The van der Waals surface area contributed by atoms with Crippen molar-refractivity contribution in [3.8, 4) is 0 Å². The molecule has 1 aliphatic carbocycles. The molecule has 2 amide bonds. The maximum atomic E-state index is 11.9. The van der Waals surface area contributed by atoms with E-state index >= 15 is 0 Å². The van der Waals surface area contributed by atoms with Crippen molar-refractivity contribution in [1.29, 1.82) is 0 Å². The van der Waals surface area contributed by atoms with Crippen molar-refractivity contribution in [2.45, 2.75) is 0 Å². The van der Waals surface area contributed by atoms with Gasteiger partial charge < -0.3 is 5.11 Å². The molecule has 5 nitrogen and oxygen atoms in total. The van der Waals surface area contributed by atoms with E-state index < -0.39 is 17.1 Å². The number of rotatable bonds is 3. The van der Waals surface area contributed by atoms with Gasteiger partial charge in [0.25, 0.3) is 11.1 Å². The molecule has 1 heterocycles. The van der Waals surface area contributed by atoms with E-state index in [0.717, 1.165) is 11.8 Å². The van der Waals surface area contributed by atoms with E-state index in [9.17, 15) is 14.4 Å². The summed E-state index contributed by atoms with van der Waals surface area (Å²) >= 11 is 13.3. The summed E-state index contributed by atoms with van der Waals surface area (Å²) in [4.78, 5) is 35.0. The number of benzene rings is 1. The van der Waals surface area contributed by atoms with Gasteiger partial charge in [-0.15, -0.1) is 0 Å². The molecule has 3 rings (SSSR count). The largest absolute Gasteiger partial charge is 0.395 e. The highest BCUT2D eigenvalue weighted by atomic mass is 35.5. The summed E-state index contributed by atoms with van der Waals surface area (Å²) in [6, 6.07) is 3.25. The zero-order valence-corrected chi connectivity index (χ0v) is 14.9. The minimum Gasteiger partial charge on any atom is -0.395 e. The molecule has 128 valence electrons. The lowest BCUT2D eigenvalue weighted by molar-refractivity contribution is -0.118. The molecular weight excluding hydrogens is 385 g/mol. The number of nitrogens with one attached hydrogen (secondary N) is 1. The monoisotopic (exact) mass is 395 g/mol. The van der Waals surface area contributed by atoms with Crippen molar-refractivity contribution in [2.24, 2.45) is 5.92 Å². The fourth-order valence-electron chi connectivity index (χ4n) is 2.39. The zero-order chi connectivity index (χ0) is 18.1. The van der Waals surface area contributed by atoms with Gasteiger partial charge in [-0.1, -0.05) is 35.4 Å². The molecular formula is C17H11Cl2NO4S.